The van der Waals surface area contributed by atoms with Crippen molar-refractivity contribution in [1.29, 1.82) is 0 Å². The predicted molar refractivity (Wildman–Crippen MR) is 70.8 cm³/mol. The van der Waals surface area contributed by atoms with Gasteiger partial charge in [0.25, 0.3) is 0 Å². The molecule has 0 aromatic heterocycles. The topological polar surface area (TPSA) is 18.5 Å². The molecule has 1 atom stereocenters. The van der Waals surface area contributed by atoms with Crippen molar-refractivity contribution in [2.45, 2.75) is 32.9 Å². The summed E-state index contributed by atoms with van der Waals surface area (Å²) in [6, 6.07) is 1.21. The molecule has 0 saturated carbocycles. The van der Waals surface area contributed by atoms with Crippen LogP contribution in [0.25, 0.3) is 0 Å². The molecule has 1 N–H and O–H groups in total. The number of likely N-dealkylation sites (N-methyl/N-ethyl adjacent to an activating group) is 1. The van der Waals surface area contributed by atoms with E-state index < -0.39 is 0 Å². The van der Waals surface area contributed by atoms with Crippen LogP contribution < -0.4 is 5.32 Å². The lowest BCUT2D eigenvalue weighted by Crippen LogP contribution is -2.50. The molecular weight excluding hydrogens is 198 g/mol. The average Bonchev–Trinajstić information content (AvgIpc) is 2.21. The molecule has 16 heavy (non-hydrogen) atoms. The second-order valence-corrected chi connectivity index (χ2v) is 5.35. The molecule has 3 heteroatoms. The molecule has 1 fully saturated rings. The summed E-state index contributed by atoms with van der Waals surface area (Å²) >= 11 is 0. The van der Waals surface area contributed by atoms with Gasteiger partial charge in [-0.05, 0) is 19.5 Å². The molecule has 3 nitrogen and oxygen atoms in total. The van der Waals surface area contributed by atoms with Gasteiger partial charge in [-0.25, -0.2) is 0 Å². The van der Waals surface area contributed by atoms with Gasteiger partial charge in [0.2, 0.25) is 0 Å². The molecule has 0 bridgehead atoms. The Morgan fingerprint density at radius 3 is 2.69 bits per heavy atom. The molecule has 1 aliphatic heterocycles. The third-order valence-electron chi connectivity index (χ3n) is 3.25. The fourth-order valence-corrected chi connectivity index (χ4v) is 1.99. The van der Waals surface area contributed by atoms with Crippen LogP contribution in [0.4, 0.5) is 0 Å². The normalized spacial score (nSPS) is 23.9. The highest BCUT2D eigenvalue weighted by Gasteiger charge is 2.20. The van der Waals surface area contributed by atoms with Gasteiger partial charge in [0.15, 0.2) is 0 Å². The first-order valence-corrected chi connectivity index (χ1v) is 6.31. The van der Waals surface area contributed by atoms with Crippen LogP contribution in [0.2, 0.25) is 0 Å². The molecule has 0 aromatic rings. The van der Waals surface area contributed by atoms with Crippen molar-refractivity contribution in [1.82, 2.24) is 15.1 Å². The van der Waals surface area contributed by atoms with E-state index in [9.17, 15) is 0 Å². The molecule has 1 rings (SSSR count). The van der Waals surface area contributed by atoms with E-state index in [2.05, 4.69) is 49.5 Å². The minimum atomic E-state index is 0.545. The number of hydrogen-bond donors (Lipinski definition) is 1. The zero-order valence-electron chi connectivity index (χ0n) is 11.3. The van der Waals surface area contributed by atoms with Crippen molar-refractivity contribution in [2.75, 3.05) is 39.8 Å². The number of nitrogens with one attached hydrogen (secondary N) is 1. The summed E-state index contributed by atoms with van der Waals surface area (Å²) < 4.78 is 0. The van der Waals surface area contributed by atoms with Crippen LogP contribution in [0.15, 0.2) is 12.2 Å². The maximum Gasteiger partial charge on any atom is 0.0204 e. The Bertz CT molecular complexity index is 225. The first-order valence-electron chi connectivity index (χ1n) is 6.31. The third-order valence-corrected chi connectivity index (χ3v) is 3.25. The highest BCUT2D eigenvalue weighted by atomic mass is 15.3. The third kappa shape index (κ3) is 4.64. The Labute approximate surface area is 100 Å². The molecule has 1 aliphatic rings. The number of piperazine rings is 1. The fraction of sp³-hybridized carbons (Fsp3) is 0.846. The Kier molecular flexibility index (Phi) is 5.46. The van der Waals surface area contributed by atoms with Gasteiger partial charge < -0.3 is 10.2 Å². The van der Waals surface area contributed by atoms with E-state index in [1.54, 1.807) is 0 Å². The van der Waals surface area contributed by atoms with E-state index in [4.69, 9.17) is 0 Å². The Balaban J connectivity index is 2.24. The highest BCUT2D eigenvalue weighted by molar-refractivity contribution is 5.01. The molecule has 94 valence electrons. The summed E-state index contributed by atoms with van der Waals surface area (Å²) in [6.07, 6.45) is 0. The second-order valence-electron chi connectivity index (χ2n) is 5.35. The SMILES string of the molecule is C=C(CNC(C)C)CN1CCN(C)C(C)C1. The van der Waals surface area contributed by atoms with Crippen LogP contribution in [-0.4, -0.2) is 61.7 Å². The fourth-order valence-electron chi connectivity index (χ4n) is 1.99. The van der Waals surface area contributed by atoms with Crippen LogP contribution in [0, 0.1) is 0 Å². The van der Waals surface area contributed by atoms with E-state index >= 15 is 0 Å². The Morgan fingerprint density at radius 2 is 2.12 bits per heavy atom. The molecule has 0 aliphatic carbocycles. The first kappa shape index (κ1) is 13.7. The first-order chi connectivity index (χ1) is 7.49. The average molecular weight is 225 g/mol. The molecule has 0 radical (unpaired) electrons. The largest absolute Gasteiger partial charge is 0.311 e. The van der Waals surface area contributed by atoms with E-state index in [0.717, 1.165) is 19.6 Å². The van der Waals surface area contributed by atoms with Crippen LogP contribution in [-0.2, 0) is 0 Å². The highest BCUT2D eigenvalue weighted by Crippen LogP contribution is 2.08. The lowest BCUT2D eigenvalue weighted by atomic mass is 10.1. The standard InChI is InChI=1S/C13H27N3/c1-11(2)14-8-12(3)9-16-7-6-15(5)13(4)10-16/h11,13-14H,3,6-10H2,1-2,4-5H3. The van der Waals surface area contributed by atoms with Crippen molar-refractivity contribution in [3.8, 4) is 0 Å². The minimum Gasteiger partial charge on any atom is -0.311 e. The van der Waals surface area contributed by atoms with Gasteiger partial charge in [-0.2, -0.15) is 0 Å². The lowest BCUT2D eigenvalue weighted by Gasteiger charge is -2.38. The molecule has 0 aromatic carbocycles. The summed E-state index contributed by atoms with van der Waals surface area (Å²) in [4.78, 5) is 4.93. The Hall–Kier alpha value is -0.380. The van der Waals surface area contributed by atoms with Crippen LogP contribution in [0.3, 0.4) is 0 Å². The van der Waals surface area contributed by atoms with E-state index in [-0.39, 0.29) is 0 Å². The lowest BCUT2D eigenvalue weighted by molar-refractivity contribution is 0.112. The molecule has 0 amide bonds. The summed E-state index contributed by atoms with van der Waals surface area (Å²) in [7, 11) is 2.21. The summed E-state index contributed by atoms with van der Waals surface area (Å²) in [5, 5.41) is 3.42. The molecule has 1 saturated heterocycles. The van der Waals surface area contributed by atoms with Crippen molar-refractivity contribution >= 4 is 0 Å². The number of nitrogens with zero attached hydrogens (tertiary/aromatic N) is 2. The van der Waals surface area contributed by atoms with Crippen LogP contribution >= 0.6 is 0 Å². The van der Waals surface area contributed by atoms with Crippen LogP contribution in [0.1, 0.15) is 20.8 Å². The number of rotatable bonds is 5. The van der Waals surface area contributed by atoms with E-state index in [1.165, 1.54) is 18.7 Å². The molecule has 1 unspecified atom stereocenters. The molecule has 1 heterocycles. The zero-order valence-corrected chi connectivity index (χ0v) is 11.3. The van der Waals surface area contributed by atoms with Crippen molar-refractivity contribution in [2.24, 2.45) is 0 Å². The maximum atomic E-state index is 4.15. The summed E-state index contributed by atoms with van der Waals surface area (Å²) in [5.74, 6) is 0. The van der Waals surface area contributed by atoms with Gasteiger partial charge in [-0.3, -0.25) is 4.90 Å². The van der Waals surface area contributed by atoms with Crippen molar-refractivity contribution in [3.05, 3.63) is 12.2 Å². The van der Waals surface area contributed by atoms with Gasteiger partial charge in [0.05, 0.1) is 0 Å². The molecular formula is C13H27N3. The zero-order chi connectivity index (χ0) is 12.1. The van der Waals surface area contributed by atoms with Gasteiger partial charge in [0, 0.05) is 44.8 Å². The Morgan fingerprint density at radius 1 is 1.44 bits per heavy atom. The maximum absolute atomic E-state index is 4.15. The van der Waals surface area contributed by atoms with Gasteiger partial charge in [0.1, 0.15) is 0 Å². The van der Waals surface area contributed by atoms with Gasteiger partial charge in [-0.15, -0.1) is 0 Å². The van der Waals surface area contributed by atoms with Gasteiger partial charge in [-0.1, -0.05) is 20.4 Å². The van der Waals surface area contributed by atoms with E-state index in [0.29, 0.717) is 12.1 Å². The smallest absolute Gasteiger partial charge is 0.0204 e. The molecule has 0 spiro atoms. The van der Waals surface area contributed by atoms with Crippen molar-refractivity contribution in [3.63, 3.8) is 0 Å². The monoisotopic (exact) mass is 225 g/mol. The summed E-state index contributed by atoms with van der Waals surface area (Å²) in [5.41, 5.74) is 1.30. The van der Waals surface area contributed by atoms with Crippen LogP contribution in [0.5, 0.6) is 0 Å². The second kappa shape index (κ2) is 6.38. The van der Waals surface area contributed by atoms with Gasteiger partial charge >= 0.3 is 0 Å². The van der Waals surface area contributed by atoms with Crippen molar-refractivity contribution < 1.29 is 0 Å². The number of hydrogen-bond acceptors (Lipinski definition) is 3. The summed E-state index contributed by atoms with van der Waals surface area (Å²) in [6.45, 7) is 16.3. The predicted octanol–water partition coefficient (Wildman–Crippen LogP) is 1.18. The quantitative estimate of drug-likeness (QED) is 0.709. The minimum absolute atomic E-state index is 0.545. The van der Waals surface area contributed by atoms with E-state index in [1.807, 2.05) is 0 Å².